The van der Waals surface area contributed by atoms with Crippen molar-refractivity contribution in [3.05, 3.63) is 101 Å². The van der Waals surface area contributed by atoms with E-state index in [-0.39, 0.29) is 36.6 Å². The highest BCUT2D eigenvalue weighted by atomic mass is 32.2. The van der Waals surface area contributed by atoms with Gasteiger partial charge in [0, 0.05) is 37.9 Å². The van der Waals surface area contributed by atoms with Crippen LogP contribution >= 0.6 is 0 Å². The van der Waals surface area contributed by atoms with Crippen molar-refractivity contribution in [2.45, 2.75) is 30.0 Å². The molecular weight excluding hydrogens is 562 g/mol. The van der Waals surface area contributed by atoms with Gasteiger partial charge in [-0.15, -0.1) is 0 Å². The summed E-state index contributed by atoms with van der Waals surface area (Å²) in [6.45, 7) is -0.0678. The Hall–Kier alpha value is -3.81. The number of aromatic nitrogens is 4. The zero-order chi connectivity index (χ0) is 29.2. The minimum absolute atomic E-state index is 0.0598. The molecule has 6 rings (SSSR count). The van der Waals surface area contributed by atoms with Crippen molar-refractivity contribution in [1.29, 1.82) is 0 Å². The first-order valence-electron chi connectivity index (χ1n) is 12.8. The second kappa shape index (κ2) is 9.64. The average molecular weight is 588 g/mol. The smallest absolute Gasteiger partial charge is 0.384 e. The molecule has 2 aromatic carbocycles. The van der Waals surface area contributed by atoms with E-state index in [2.05, 4.69) is 10.1 Å². The molecule has 1 saturated heterocycles. The summed E-state index contributed by atoms with van der Waals surface area (Å²) in [7, 11) is -2.47. The van der Waals surface area contributed by atoms with Gasteiger partial charge < -0.3 is 9.67 Å². The number of aliphatic hydroxyl groups is 1. The molecule has 1 fully saturated rings. The van der Waals surface area contributed by atoms with Crippen LogP contribution in [0.3, 0.4) is 0 Å². The van der Waals surface area contributed by atoms with Crippen molar-refractivity contribution in [2.75, 3.05) is 13.1 Å². The zero-order valence-corrected chi connectivity index (χ0v) is 22.6. The lowest BCUT2D eigenvalue weighted by Crippen LogP contribution is -2.52. The van der Waals surface area contributed by atoms with Gasteiger partial charge >= 0.3 is 6.18 Å². The third-order valence-corrected chi connectivity index (χ3v) is 9.81. The standard InChI is InChI=1S/C28H25F4N5O3S/c1-35-13-11-33-26(35)25(38)27-15-18-16-34-37(22-6-4-21(29)5-7-22)24(18)14-20(27)10-12-36(17-27)41(39,40)23-8-2-19(3-9-23)28(30,31)32/h2-9,11,13-14,16,25,38H,10,12,15,17H2,1H3/t25-,27-/m0/s1. The van der Waals surface area contributed by atoms with Crippen LogP contribution in [0.5, 0.6) is 0 Å². The number of nitrogens with zero attached hydrogens (tertiary/aromatic N) is 5. The Morgan fingerprint density at radius 3 is 2.41 bits per heavy atom. The number of hydrogen-bond acceptors (Lipinski definition) is 5. The molecule has 1 N–H and O–H groups in total. The summed E-state index contributed by atoms with van der Waals surface area (Å²) in [5.74, 6) is -0.0361. The number of piperidine rings is 1. The lowest BCUT2D eigenvalue weighted by molar-refractivity contribution is -0.137. The van der Waals surface area contributed by atoms with Gasteiger partial charge in [0.1, 0.15) is 17.7 Å². The maximum atomic E-state index is 13.7. The zero-order valence-electron chi connectivity index (χ0n) is 21.8. The third kappa shape index (κ3) is 4.57. The van der Waals surface area contributed by atoms with Gasteiger partial charge in [-0.1, -0.05) is 5.57 Å². The van der Waals surface area contributed by atoms with Crippen LogP contribution in [-0.2, 0) is 29.7 Å². The number of sulfonamides is 1. The van der Waals surface area contributed by atoms with E-state index in [1.165, 1.54) is 16.4 Å². The normalized spacial score (nSPS) is 20.3. The van der Waals surface area contributed by atoms with Crippen LogP contribution in [-0.4, -0.2) is 50.3 Å². The Kier molecular flexibility index (Phi) is 6.43. The largest absolute Gasteiger partial charge is 0.416 e. The Bertz CT molecular complexity index is 1740. The van der Waals surface area contributed by atoms with Gasteiger partial charge in [0.2, 0.25) is 10.0 Å². The van der Waals surface area contributed by atoms with Gasteiger partial charge in [0.05, 0.1) is 28.0 Å². The molecule has 0 radical (unpaired) electrons. The molecule has 0 spiro atoms. The molecule has 2 aliphatic rings. The fourth-order valence-electron chi connectivity index (χ4n) is 5.77. The van der Waals surface area contributed by atoms with Crippen molar-refractivity contribution >= 4 is 16.1 Å². The second-order valence-electron chi connectivity index (χ2n) is 10.4. The van der Waals surface area contributed by atoms with Crippen LogP contribution in [0, 0.1) is 11.2 Å². The summed E-state index contributed by atoms with van der Waals surface area (Å²) in [4.78, 5) is 4.06. The number of aliphatic hydroxyl groups excluding tert-OH is 1. The summed E-state index contributed by atoms with van der Waals surface area (Å²) in [6, 6.07) is 9.27. The number of rotatable bonds is 5. The highest BCUT2D eigenvalue weighted by molar-refractivity contribution is 7.89. The fraction of sp³-hybridized carbons (Fsp3) is 0.286. The van der Waals surface area contributed by atoms with Gasteiger partial charge in [0.25, 0.3) is 0 Å². The van der Waals surface area contributed by atoms with Crippen LogP contribution in [0.25, 0.3) is 11.8 Å². The molecule has 214 valence electrons. The predicted octanol–water partition coefficient (Wildman–Crippen LogP) is 4.52. The number of halogens is 4. The van der Waals surface area contributed by atoms with Gasteiger partial charge in [-0.2, -0.15) is 22.6 Å². The first-order valence-corrected chi connectivity index (χ1v) is 14.2. The summed E-state index contributed by atoms with van der Waals surface area (Å²) in [5.41, 5.74) is 0.862. The van der Waals surface area contributed by atoms with Crippen LogP contribution in [0.4, 0.5) is 17.6 Å². The number of benzene rings is 2. The first-order chi connectivity index (χ1) is 19.4. The van der Waals surface area contributed by atoms with Crippen LogP contribution in [0.1, 0.15) is 35.2 Å². The molecule has 0 unspecified atom stereocenters. The molecule has 0 amide bonds. The van der Waals surface area contributed by atoms with Crippen LogP contribution in [0.15, 0.2) is 77.6 Å². The number of hydrogen-bond donors (Lipinski definition) is 1. The van der Waals surface area contributed by atoms with E-state index < -0.39 is 33.3 Å². The Morgan fingerprint density at radius 2 is 1.78 bits per heavy atom. The summed E-state index contributed by atoms with van der Waals surface area (Å²) < 4.78 is 84.7. The van der Waals surface area contributed by atoms with Crippen molar-refractivity contribution < 1.29 is 31.1 Å². The van der Waals surface area contributed by atoms with Crippen molar-refractivity contribution in [2.24, 2.45) is 12.5 Å². The molecule has 13 heteroatoms. The lowest BCUT2D eigenvalue weighted by atomic mass is 9.65. The number of fused-ring (bicyclic) bond motifs is 2. The van der Waals surface area contributed by atoms with Gasteiger partial charge in [0.15, 0.2) is 0 Å². The van der Waals surface area contributed by atoms with Crippen molar-refractivity contribution in [3.63, 3.8) is 0 Å². The molecule has 4 aromatic rings. The van der Waals surface area contributed by atoms with E-state index in [0.717, 1.165) is 41.1 Å². The number of alkyl halides is 3. The Balaban J connectivity index is 1.41. The quantitative estimate of drug-likeness (QED) is 0.347. The van der Waals surface area contributed by atoms with E-state index in [1.807, 2.05) is 6.08 Å². The van der Waals surface area contributed by atoms with Gasteiger partial charge in [-0.05, 0) is 73.0 Å². The van der Waals surface area contributed by atoms with Gasteiger partial charge in [-0.25, -0.2) is 22.5 Å². The van der Waals surface area contributed by atoms with E-state index in [9.17, 15) is 31.1 Å². The molecule has 8 nitrogen and oxygen atoms in total. The monoisotopic (exact) mass is 587 g/mol. The number of aryl methyl sites for hydroxylation is 1. The third-order valence-electron chi connectivity index (χ3n) is 7.95. The highest BCUT2D eigenvalue weighted by Crippen LogP contribution is 2.52. The molecule has 0 saturated carbocycles. The molecule has 2 aromatic heterocycles. The molecule has 0 bridgehead atoms. The SMILES string of the molecule is Cn1ccnc1[C@H](O)[C@]12Cc3cnn(-c4ccc(F)cc4)c3C=C1CCN(S(=O)(=O)c1ccc(C(F)(F)F)cc1)C2. The first kappa shape index (κ1) is 27.4. The highest BCUT2D eigenvalue weighted by Gasteiger charge is 2.51. The maximum absolute atomic E-state index is 13.7. The van der Waals surface area contributed by atoms with E-state index in [0.29, 0.717) is 11.5 Å². The summed E-state index contributed by atoms with van der Waals surface area (Å²) in [5, 5.41) is 16.3. The van der Waals surface area contributed by atoms with Crippen molar-refractivity contribution in [1.82, 2.24) is 23.6 Å². The maximum Gasteiger partial charge on any atom is 0.416 e. The lowest BCUT2D eigenvalue weighted by Gasteiger charge is -2.48. The Labute approximate surface area is 233 Å². The molecule has 1 aliphatic carbocycles. The molecule has 3 heterocycles. The molecule has 2 atom stereocenters. The average Bonchev–Trinajstić information content (AvgIpc) is 3.56. The topological polar surface area (TPSA) is 93.2 Å². The van der Waals surface area contributed by atoms with E-state index in [1.54, 1.807) is 47.0 Å². The number of imidazole rings is 1. The van der Waals surface area contributed by atoms with Crippen LogP contribution in [0.2, 0.25) is 0 Å². The predicted molar refractivity (Wildman–Crippen MR) is 141 cm³/mol. The van der Waals surface area contributed by atoms with Gasteiger partial charge in [-0.3, -0.25) is 0 Å². The summed E-state index contributed by atoms with van der Waals surface area (Å²) >= 11 is 0. The molecule has 41 heavy (non-hydrogen) atoms. The summed E-state index contributed by atoms with van der Waals surface area (Å²) in [6.07, 6.45) is 1.43. The van der Waals surface area contributed by atoms with E-state index >= 15 is 0 Å². The van der Waals surface area contributed by atoms with Crippen LogP contribution < -0.4 is 0 Å². The molecular formula is C28H25F4N5O3S. The van der Waals surface area contributed by atoms with E-state index in [4.69, 9.17) is 0 Å². The fourth-order valence-corrected chi connectivity index (χ4v) is 7.28. The second-order valence-corrected chi connectivity index (χ2v) is 12.3. The minimum Gasteiger partial charge on any atom is -0.384 e. The molecule has 1 aliphatic heterocycles. The Morgan fingerprint density at radius 1 is 1.07 bits per heavy atom. The van der Waals surface area contributed by atoms with Crippen molar-refractivity contribution in [3.8, 4) is 5.69 Å². The minimum atomic E-state index is -4.60.